The first kappa shape index (κ1) is 29.4. The minimum absolute atomic E-state index is 0.114. The van der Waals surface area contributed by atoms with E-state index in [9.17, 15) is 4.79 Å². The number of amides is 1. The van der Waals surface area contributed by atoms with Gasteiger partial charge >= 0.3 is 0 Å². The van der Waals surface area contributed by atoms with Gasteiger partial charge in [0.2, 0.25) is 0 Å². The zero-order valence-corrected chi connectivity index (χ0v) is 26.8. The average molecular weight is 683 g/mol. The molecule has 0 saturated carbocycles. The Hall–Kier alpha value is -3.11. The average Bonchev–Trinajstić information content (AvgIpc) is 3.61. The van der Waals surface area contributed by atoms with Crippen LogP contribution in [0.15, 0.2) is 70.3 Å². The molecule has 0 saturated heterocycles. The van der Waals surface area contributed by atoms with E-state index in [1.807, 2.05) is 60.8 Å². The molecule has 0 spiro atoms. The Morgan fingerprint density at radius 1 is 1.20 bits per heavy atom. The topological polar surface area (TPSA) is 73.1 Å². The van der Waals surface area contributed by atoms with Gasteiger partial charge in [-0.1, -0.05) is 51.1 Å². The molecule has 1 amide bonds. The molecule has 0 aliphatic heterocycles. The maximum atomic E-state index is 13.5. The van der Waals surface area contributed by atoms with Crippen LogP contribution in [0.5, 0.6) is 11.5 Å². The van der Waals surface area contributed by atoms with Crippen LogP contribution in [0, 0.1) is 14.9 Å². The first-order chi connectivity index (χ1) is 19.7. The highest BCUT2D eigenvalue weighted by Gasteiger charge is 2.33. The summed E-state index contributed by atoms with van der Waals surface area (Å²) in [5, 5.41) is 3.78. The molecule has 4 aromatic rings. The number of methoxy groups -OCH3 is 1. The van der Waals surface area contributed by atoms with E-state index in [4.69, 9.17) is 18.9 Å². The number of hydrogen-bond donors (Lipinski definition) is 1. The number of halogens is 1. The van der Waals surface area contributed by atoms with E-state index in [0.717, 1.165) is 50.3 Å². The van der Waals surface area contributed by atoms with Crippen molar-refractivity contribution < 1.29 is 18.7 Å². The van der Waals surface area contributed by atoms with Gasteiger partial charge in [-0.15, -0.1) is 11.3 Å². The molecule has 1 atom stereocenters. The van der Waals surface area contributed by atoms with Gasteiger partial charge in [0.15, 0.2) is 11.5 Å². The van der Waals surface area contributed by atoms with Crippen molar-refractivity contribution in [3.63, 3.8) is 0 Å². The highest BCUT2D eigenvalue weighted by molar-refractivity contribution is 14.1. The van der Waals surface area contributed by atoms with E-state index in [0.29, 0.717) is 36.1 Å². The van der Waals surface area contributed by atoms with E-state index >= 15 is 0 Å². The molecule has 2 heterocycles. The third-order valence-electron chi connectivity index (χ3n) is 7.51. The second kappa shape index (κ2) is 12.8. The molecule has 8 heteroatoms. The standard InChI is InChI=1S/C33H35IN2O4S/c1-33(2,3)23-12-13-25-28(17-23)41-32(29(25)31(37)35-19-24-11-8-14-39-24)36-18-22-15-26(34)30(27(16-22)38-4)40-20-21-9-6-5-7-10-21/h5-11,14-16,18,23H,12-13,17,19-20H2,1-4H3,(H,35,37)/t23-/m0/s1. The number of nitrogens with one attached hydrogen (secondary N) is 1. The molecule has 1 N–H and O–H groups in total. The SMILES string of the molecule is COc1cc(C=Nc2sc3c(c2C(=O)NCc2ccco2)CC[C@H](C(C)(C)C)C3)cc(I)c1OCc1ccccc1. The van der Waals surface area contributed by atoms with Crippen molar-refractivity contribution in [2.24, 2.45) is 16.3 Å². The highest BCUT2D eigenvalue weighted by atomic mass is 127. The van der Waals surface area contributed by atoms with Crippen LogP contribution in [0.3, 0.4) is 0 Å². The summed E-state index contributed by atoms with van der Waals surface area (Å²) < 4.78 is 18.2. The zero-order chi connectivity index (χ0) is 29.0. The summed E-state index contributed by atoms with van der Waals surface area (Å²) in [4.78, 5) is 19.7. The van der Waals surface area contributed by atoms with Crippen LogP contribution in [0.25, 0.3) is 0 Å². The predicted octanol–water partition coefficient (Wildman–Crippen LogP) is 8.36. The second-order valence-corrected chi connectivity index (χ2v) is 13.6. The van der Waals surface area contributed by atoms with Crippen LogP contribution in [-0.2, 0) is 26.0 Å². The van der Waals surface area contributed by atoms with Crippen LogP contribution in [0.4, 0.5) is 5.00 Å². The monoisotopic (exact) mass is 682 g/mol. The van der Waals surface area contributed by atoms with Gasteiger partial charge in [0.1, 0.15) is 17.4 Å². The molecule has 2 aromatic carbocycles. The van der Waals surface area contributed by atoms with Crippen molar-refractivity contribution in [2.75, 3.05) is 7.11 Å². The Bertz CT molecular complexity index is 1520. The Labute approximate surface area is 259 Å². The number of aliphatic imine (C=N–C) groups is 1. The number of furan rings is 1. The quantitative estimate of drug-likeness (QED) is 0.142. The molecule has 41 heavy (non-hydrogen) atoms. The van der Waals surface area contributed by atoms with E-state index < -0.39 is 0 Å². The van der Waals surface area contributed by atoms with Gasteiger partial charge in [-0.05, 0) is 94.1 Å². The Morgan fingerprint density at radius 2 is 2.00 bits per heavy atom. The van der Waals surface area contributed by atoms with E-state index in [2.05, 4.69) is 48.7 Å². The van der Waals surface area contributed by atoms with Crippen molar-refractivity contribution >= 4 is 51.1 Å². The summed E-state index contributed by atoms with van der Waals surface area (Å²) in [6.45, 7) is 7.69. The van der Waals surface area contributed by atoms with Crippen molar-refractivity contribution in [2.45, 2.75) is 53.2 Å². The van der Waals surface area contributed by atoms with E-state index in [-0.39, 0.29) is 11.3 Å². The lowest BCUT2D eigenvalue weighted by molar-refractivity contribution is 0.0947. The number of fused-ring (bicyclic) bond motifs is 1. The second-order valence-electron chi connectivity index (χ2n) is 11.3. The minimum Gasteiger partial charge on any atom is -0.493 e. The van der Waals surface area contributed by atoms with Crippen LogP contribution >= 0.6 is 33.9 Å². The Kier molecular flexibility index (Phi) is 9.19. The fraction of sp³-hybridized carbons (Fsp3) is 0.333. The van der Waals surface area contributed by atoms with Crippen molar-refractivity contribution in [1.29, 1.82) is 0 Å². The number of hydrogen-bond acceptors (Lipinski definition) is 6. The van der Waals surface area contributed by atoms with Gasteiger partial charge in [-0.2, -0.15) is 0 Å². The number of benzene rings is 2. The Balaban J connectivity index is 1.42. The summed E-state index contributed by atoms with van der Waals surface area (Å²) in [6, 6.07) is 17.7. The van der Waals surface area contributed by atoms with Crippen molar-refractivity contribution in [3.05, 3.63) is 97.3 Å². The number of thiophene rings is 1. The zero-order valence-electron chi connectivity index (χ0n) is 23.8. The van der Waals surface area contributed by atoms with Gasteiger partial charge in [-0.3, -0.25) is 4.79 Å². The largest absolute Gasteiger partial charge is 0.493 e. The fourth-order valence-corrected chi connectivity index (χ4v) is 7.17. The van der Waals surface area contributed by atoms with Crippen LogP contribution in [-0.4, -0.2) is 19.2 Å². The first-order valence-electron chi connectivity index (χ1n) is 13.8. The van der Waals surface area contributed by atoms with E-state index in [1.54, 1.807) is 24.7 Å². The highest BCUT2D eigenvalue weighted by Crippen LogP contribution is 2.45. The van der Waals surface area contributed by atoms with E-state index in [1.165, 1.54) is 4.88 Å². The molecular weight excluding hydrogens is 647 g/mol. The normalized spacial score (nSPS) is 15.1. The van der Waals surface area contributed by atoms with Gasteiger partial charge in [-0.25, -0.2) is 4.99 Å². The Morgan fingerprint density at radius 3 is 2.71 bits per heavy atom. The molecule has 1 aliphatic rings. The molecule has 2 aromatic heterocycles. The molecule has 5 rings (SSSR count). The number of carbonyl (C=O) groups excluding carboxylic acids is 1. The van der Waals surface area contributed by atoms with Gasteiger partial charge in [0, 0.05) is 11.1 Å². The third-order valence-corrected chi connectivity index (χ3v) is 9.47. The fourth-order valence-electron chi connectivity index (χ4n) is 5.12. The molecule has 214 valence electrons. The number of carbonyl (C=O) groups is 1. The lowest BCUT2D eigenvalue weighted by atomic mass is 9.72. The minimum atomic E-state index is -0.114. The van der Waals surface area contributed by atoms with Crippen LogP contribution < -0.4 is 14.8 Å². The molecule has 0 bridgehead atoms. The van der Waals surface area contributed by atoms with Crippen molar-refractivity contribution in [1.82, 2.24) is 5.32 Å². The maximum Gasteiger partial charge on any atom is 0.255 e. The first-order valence-corrected chi connectivity index (χ1v) is 15.7. The summed E-state index contributed by atoms with van der Waals surface area (Å²) >= 11 is 3.90. The predicted molar refractivity (Wildman–Crippen MR) is 173 cm³/mol. The molecular formula is C33H35IN2O4S. The van der Waals surface area contributed by atoms with Gasteiger partial charge in [0.25, 0.3) is 5.91 Å². The van der Waals surface area contributed by atoms with Crippen LogP contribution in [0.1, 0.15) is 64.9 Å². The molecule has 0 fully saturated rings. The van der Waals surface area contributed by atoms with Crippen molar-refractivity contribution in [3.8, 4) is 11.5 Å². The number of rotatable bonds is 9. The third kappa shape index (κ3) is 7.04. The molecule has 0 radical (unpaired) electrons. The molecule has 1 aliphatic carbocycles. The lowest BCUT2D eigenvalue weighted by Crippen LogP contribution is -2.28. The summed E-state index contributed by atoms with van der Waals surface area (Å²) in [6.07, 6.45) is 6.34. The number of ether oxygens (including phenoxy) is 2. The number of nitrogens with zero attached hydrogens (tertiary/aromatic N) is 1. The van der Waals surface area contributed by atoms with Crippen LogP contribution in [0.2, 0.25) is 0 Å². The lowest BCUT2D eigenvalue weighted by Gasteiger charge is -2.33. The summed E-state index contributed by atoms with van der Waals surface area (Å²) in [7, 11) is 1.64. The smallest absolute Gasteiger partial charge is 0.255 e. The maximum absolute atomic E-state index is 13.5. The summed E-state index contributed by atoms with van der Waals surface area (Å²) in [5.74, 6) is 2.52. The molecule has 0 unspecified atom stereocenters. The van der Waals surface area contributed by atoms with Gasteiger partial charge in [0.05, 0.1) is 29.1 Å². The van der Waals surface area contributed by atoms with Gasteiger partial charge < -0.3 is 19.2 Å². The molecule has 6 nitrogen and oxygen atoms in total. The summed E-state index contributed by atoms with van der Waals surface area (Å²) in [5.41, 5.74) is 3.99.